The largest absolute Gasteiger partial charge is 0.478 e. The summed E-state index contributed by atoms with van der Waals surface area (Å²) in [6.45, 7) is 6.13. The van der Waals surface area contributed by atoms with Crippen molar-refractivity contribution in [3.05, 3.63) is 28.1 Å². The molecular weight excluding hydrogens is 380 g/mol. The zero-order chi connectivity index (χ0) is 20.3. The van der Waals surface area contributed by atoms with Crippen molar-refractivity contribution in [2.24, 2.45) is 0 Å². The molecule has 0 saturated carbocycles. The second kappa shape index (κ2) is 8.70. The van der Waals surface area contributed by atoms with E-state index in [0.29, 0.717) is 24.5 Å². The summed E-state index contributed by atoms with van der Waals surface area (Å²) in [5.41, 5.74) is 2.31. The molecule has 0 radical (unpaired) electrons. The standard InChI is InChI=1S/C20H24N2O5S/c1-5-16-20(24)22(11-18(23)26-9-8-25-4)15-10-14(6-7-17(15)27-16)19-12(2)28-13(3)21-19/h6-7,10,16H,5,8-9,11H2,1-4H3. The number of benzene rings is 1. The molecule has 28 heavy (non-hydrogen) atoms. The van der Waals surface area contributed by atoms with Gasteiger partial charge in [0.1, 0.15) is 18.9 Å². The number of aromatic nitrogens is 1. The second-order valence-electron chi connectivity index (χ2n) is 6.47. The Morgan fingerprint density at radius 1 is 1.32 bits per heavy atom. The van der Waals surface area contributed by atoms with E-state index in [9.17, 15) is 9.59 Å². The number of methoxy groups -OCH3 is 1. The van der Waals surface area contributed by atoms with Crippen LogP contribution in [0.25, 0.3) is 11.3 Å². The monoisotopic (exact) mass is 404 g/mol. The lowest BCUT2D eigenvalue weighted by Crippen LogP contribution is -2.48. The third-order valence-electron chi connectivity index (χ3n) is 4.45. The number of fused-ring (bicyclic) bond motifs is 1. The first-order chi connectivity index (χ1) is 13.4. The molecule has 1 aliphatic heterocycles. The topological polar surface area (TPSA) is 78.0 Å². The van der Waals surface area contributed by atoms with Gasteiger partial charge in [-0.25, -0.2) is 4.98 Å². The summed E-state index contributed by atoms with van der Waals surface area (Å²) in [5.74, 6) is -0.161. The molecule has 0 N–H and O–H groups in total. The first-order valence-corrected chi connectivity index (χ1v) is 9.97. The molecular formula is C20H24N2O5S. The zero-order valence-corrected chi connectivity index (χ0v) is 17.3. The molecule has 1 aromatic heterocycles. The summed E-state index contributed by atoms with van der Waals surface area (Å²) in [5, 5.41) is 0.974. The quantitative estimate of drug-likeness (QED) is 0.521. The Kier molecular flexibility index (Phi) is 6.31. The van der Waals surface area contributed by atoms with Crippen molar-refractivity contribution in [2.75, 3.05) is 31.8 Å². The fraction of sp³-hybridized carbons (Fsp3) is 0.450. The van der Waals surface area contributed by atoms with E-state index in [1.165, 1.54) is 12.0 Å². The highest BCUT2D eigenvalue weighted by Crippen LogP contribution is 2.39. The highest BCUT2D eigenvalue weighted by molar-refractivity contribution is 7.11. The summed E-state index contributed by atoms with van der Waals surface area (Å²) in [6, 6.07) is 5.61. The molecule has 1 aromatic carbocycles. The van der Waals surface area contributed by atoms with Gasteiger partial charge in [0.2, 0.25) is 0 Å². The average Bonchev–Trinajstić information content (AvgIpc) is 3.01. The maximum Gasteiger partial charge on any atom is 0.326 e. The Bertz CT molecular complexity index is 879. The Hall–Kier alpha value is -2.45. The lowest BCUT2D eigenvalue weighted by Gasteiger charge is -2.33. The smallest absolute Gasteiger partial charge is 0.326 e. The van der Waals surface area contributed by atoms with Crippen LogP contribution in [0.4, 0.5) is 5.69 Å². The molecule has 2 aromatic rings. The summed E-state index contributed by atoms with van der Waals surface area (Å²) < 4.78 is 15.9. The Labute approximate surface area is 168 Å². The van der Waals surface area contributed by atoms with Gasteiger partial charge in [-0.2, -0.15) is 0 Å². The Balaban J connectivity index is 1.93. The van der Waals surface area contributed by atoms with Crippen LogP contribution in [0.15, 0.2) is 18.2 Å². The Morgan fingerprint density at radius 3 is 2.75 bits per heavy atom. The fourth-order valence-corrected chi connectivity index (χ4v) is 3.94. The van der Waals surface area contributed by atoms with Gasteiger partial charge in [-0.3, -0.25) is 14.5 Å². The predicted octanol–water partition coefficient (Wildman–Crippen LogP) is 3.12. The van der Waals surface area contributed by atoms with Crippen molar-refractivity contribution in [1.29, 1.82) is 0 Å². The number of carbonyl (C=O) groups is 2. The van der Waals surface area contributed by atoms with Gasteiger partial charge >= 0.3 is 5.97 Å². The number of rotatable bonds is 7. The van der Waals surface area contributed by atoms with Crippen molar-refractivity contribution in [3.8, 4) is 17.0 Å². The van der Waals surface area contributed by atoms with E-state index in [-0.39, 0.29) is 19.1 Å². The molecule has 7 nitrogen and oxygen atoms in total. The molecule has 0 saturated heterocycles. The van der Waals surface area contributed by atoms with Gasteiger partial charge in [0.05, 0.1) is 23.0 Å². The van der Waals surface area contributed by atoms with Gasteiger partial charge in [-0.05, 0) is 38.5 Å². The molecule has 0 fully saturated rings. The van der Waals surface area contributed by atoms with E-state index in [0.717, 1.165) is 21.1 Å². The highest BCUT2D eigenvalue weighted by Gasteiger charge is 2.35. The average molecular weight is 404 g/mol. The third-order valence-corrected chi connectivity index (χ3v) is 5.33. The van der Waals surface area contributed by atoms with Crippen LogP contribution >= 0.6 is 11.3 Å². The summed E-state index contributed by atoms with van der Waals surface area (Å²) in [4.78, 5) is 32.2. The maximum atomic E-state index is 12.9. The number of anilines is 1. The van der Waals surface area contributed by atoms with Crippen molar-refractivity contribution in [3.63, 3.8) is 0 Å². The number of hydrogen-bond acceptors (Lipinski definition) is 7. The van der Waals surface area contributed by atoms with E-state index in [1.807, 2.05) is 39.0 Å². The van der Waals surface area contributed by atoms with E-state index >= 15 is 0 Å². The van der Waals surface area contributed by atoms with Crippen molar-refractivity contribution in [1.82, 2.24) is 4.98 Å². The maximum absolute atomic E-state index is 12.9. The minimum Gasteiger partial charge on any atom is -0.478 e. The van der Waals surface area contributed by atoms with Gasteiger partial charge in [0.15, 0.2) is 6.10 Å². The Morgan fingerprint density at radius 2 is 2.11 bits per heavy atom. The minimum absolute atomic E-state index is 0.148. The van der Waals surface area contributed by atoms with Crippen molar-refractivity contribution < 1.29 is 23.8 Å². The molecule has 0 aliphatic carbocycles. The van der Waals surface area contributed by atoms with Gasteiger partial charge in [-0.15, -0.1) is 11.3 Å². The van der Waals surface area contributed by atoms with Crippen LogP contribution in [0, 0.1) is 13.8 Å². The molecule has 1 amide bonds. The van der Waals surface area contributed by atoms with Crippen LogP contribution in [0.3, 0.4) is 0 Å². The number of esters is 1. The van der Waals surface area contributed by atoms with Crippen molar-refractivity contribution in [2.45, 2.75) is 33.3 Å². The zero-order valence-electron chi connectivity index (χ0n) is 16.5. The van der Waals surface area contributed by atoms with E-state index in [2.05, 4.69) is 4.98 Å². The van der Waals surface area contributed by atoms with E-state index < -0.39 is 12.1 Å². The molecule has 150 valence electrons. The lowest BCUT2D eigenvalue weighted by atomic mass is 10.1. The molecule has 1 atom stereocenters. The number of ether oxygens (including phenoxy) is 3. The normalized spacial score (nSPS) is 15.9. The van der Waals surface area contributed by atoms with Crippen LogP contribution in [-0.4, -0.2) is 49.8 Å². The predicted molar refractivity (Wildman–Crippen MR) is 107 cm³/mol. The molecule has 8 heteroatoms. The van der Waals surface area contributed by atoms with Crippen LogP contribution in [-0.2, 0) is 19.1 Å². The molecule has 1 unspecified atom stereocenters. The number of nitrogens with zero attached hydrogens (tertiary/aromatic N) is 2. The van der Waals surface area contributed by atoms with Crippen LogP contribution in [0.2, 0.25) is 0 Å². The second-order valence-corrected chi connectivity index (χ2v) is 7.88. The first-order valence-electron chi connectivity index (χ1n) is 9.15. The van der Waals surface area contributed by atoms with Gasteiger partial charge in [0, 0.05) is 17.6 Å². The highest BCUT2D eigenvalue weighted by atomic mass is 32.1. The SMILES string of the molecule is CCC1Oc2ccc(-c3nc(C)sc3C)cc2N(CC(=O)OCCOC)C1=O. The number of carbonyl (C=O) groups excluding carboxylic acids is 2. The third kappa shape index (κ3) is 4.18. The minimum atomic E-state index is -0.617. The molecule has 1 aliphatic rings. The number of hydrogen-bond donors (Lipinski definition) is 0. The molecule has 0 spiro atoms. The first kappa shape index (κ1) is 20.3. The number of amides is 1. The number of thiazole rings is 1. The van der Waals surface area contributed by atoms with Crippen LogP contribution < -0.4 is 9.64 Å². The summed E-state index contributed by atoms with van der Waals surface area (Å²) >= 11 is 1.62. The van der Waals surface area contributed by atoms with Crippen LogP contribution in [0.1, 0.15) is 23.2 Å². The van der Waals surface area contributed by atoms with Gasteiger partial charge in [-0.1, -0.05) is 6.92 Å². The fourth-order valence-electron chi connectivity index (χ4n) is 3.10. The molecule has 0 bridgehead atoms. The van der Waals surface area contributed by atoms with Crippen molar-refractivity contribution >= 4 is 28.9 Å². The number of aryl methyl sites for hydroxylation is 2. The molecule has 3 rings (SSSR count). The molecule has 2 heterocycles. The van der Waals surface area contributed by atoms with Crippen LogP contribution in [0.5, 0.6) is 5.75 Å². The van der Waals surface area contributed by atoms with Gasteiger partial charge < -0.3 is 14.2 Å². The van der Waals surface area contributed by atoms with E-state index in [4.69, 9.17) is 14.2 Å². The van der Waals surface area contributed by atoms with Gasteiger partial charge in [0.25, 0.3) is 5.91 Å². The summed E-state index contributed by atoms with van der Waals surface area (Å²) in [7, 11) is 1.53. The summed E-state index contributed by atoms with van der Waals surface area (Å²) in [6.07, 6.45) is -0.104. The van der Waals surface area contributed by atoms with E-state index in [1.54, 1.807) is 11.3 Å². The lowest BCUT2D eigenvalue weighted by molar-refractivity contribution is -0.144.